The fourth-order valence-corrected chi connectivity index (χ4v) is 3.04. The lowest BCUT2D eigenvalue weighted by Gasteiger charge is -2.15. The molecule has 0 aromatic heterocycles. The lowest BCUT2D eigenvalue weighted by Crippen LogP contribution is -2.17. The molecule has 29 heavy (non-hydrogen) atoms. The molecule has 3 aromatic carbocycles. The first-order valence-corrected chi connectivity index (χ1v) is 9.96. The Bertz CT molecular complexity index is 894. The second kappa shape index (κ2) is 11.2. The van der Waals surface area contributed by atoms with Crippen molar-refractivity contribution >= 4 is 6.08 Å². The molecule has 3 aromatic rings. The van der Waals surface area contributed by atoms with Gasteiger partial charge in [0.05, 0.1) is 25.9 Å². The molecule has 0 amide bonds. The van der Waals surface area contributed by atoms with Gasteiger partial charge in [0.2, 0.25) is 0 Å². The van der Waals surface area contributed by atoms with Gasteiger partial charge in [0, 0.05) is 0 Å². The van der Waals surface area contributed by atoms with Crippen molar-refractivity contribution in [2.45, 2.75) is 26.2 Å². The fraction of sp³-hybridized carbons (Fsp3) is 0.185. The van der Waals surface area contributed by atoms with Gasteiger partial charge in [-0.25, -0.2) is 0 Å². The Kier molecular flexibility index (Phi) is 8.00. The molecule has 0 aliphatic heterocycles. The first-order valence-electron chi connectivity index (χ1n) is 9.96. The third-order valence-electron chi connectivity index (χ3n) is 4.70. The molecule has 0 N–H and O–H groups in total. The van der Waals surface area contributed by atoms with E-state index in [1.165, 1.54) is 11.1 Å². The van der Waals surface area contributed by atoms with Gasteiger partial charge in [-0.1, -0.05) is 104 Å². The van der Waals surface area contributed by atoms with E-state index < -0.39 is 0 Å². The summed E-state index contributed by atoms with van der Waals surface area (Å²) in [5.41, 5.74) is 5.85. The van der Waals surface area contributed by atoms with Gasteiger partial charge in [-0.15, -0.1) is 0 Å². The summed E-state index contributed by atoms with van der Waals surface area (Å²) in [6, 6.07) is 27.1. The minimum atomic E-state index is -0.0670. The van der Waals surface area contributed by atoms with Crippen molar-refractivity contribution in [1.82, 2.24) is 0 Å². The zero-order valence-electron chi connectivity index (χ0n) is 17.0. The van der Waals surface area contributed by atoms with E-state index >= 15 is 0 Å². The van der Waals surface area contributed by atoms with Crippen molar-refractivity contribution in [2.24, 2.45) is 0 Å². The Hall–Kier alpha value is -2.94. The summed E-state index contributed by atoms with van der Waals surface area (Å²) in [5.74, 6) is 0. The Balaban J connectivity index is 1.48. The zero-order chi connectivity index (χ0) is 20.3. The van der Waals surface area contributed by atoms with Crippen LogP contribution in [0.1, 0.15) is 23.6 Å². The van der Waals surface area contributed by atoms with Crippen LogP contribution in [0.25, 0.3) is 17.2 Å². The van der Waals surface area contributed by atoms with Crippen molar-refractivity contribution in [3.05, 3.63) is 114 Å². The van der Waals surface area contributed by atoms with Crippen molar-refractivity contribution in [3.8, 4) is 11.1 Å². The quantitative estimate of drug-likeness (QED) is 0.363. The van der Waals surface area contributed by atoms with Gasteiger partial charge in [-0.05, 0) is 34.7 Å². The van der Waals surface area contributed by atoms with Gasteiger partial charge in [0.15, 0.2) is 0 Å². The second-order valence-corrected chi connectivity index (χ2v) is 6.90. The maximum Gasteiger partial charge on any atom is 0.0993 e. The molecule has 2 nitrogen and oxygen atoms in total. The fourth-order valence-electron chi connectivity index (χ4n) is 3.04. The maximum atomic E-state index is 6.02. The lowest BCUT2D eigenvalue weighted by molar-refractivity contribution is -0.00532. The number of hydrogen-bond donors (Lipinski definition) is 0. The first-order chi connectivity index (χ1) is 14.3. The summed E-state index contributed by atoms with van der Waals surface area (Å²) in [7, 11) is 0. The van der Waals surface area contributed by atoms with E-state index in [9.17, 15) is 0 Å². The molecule has 0 saturated heterocycles. The molecule has 3 rings (SSSR count). The summed E-state index contributed by atoms with van der Waals surface area (Å²) >= 11 is 0. The third-order valence-corrected chi connectivity index (χ3v) is 4.70. The van der Waals surface area contributed by atoms with Gasteiger partial charge < -0.3 is 9.47 Å². The van der Waals surface area contributed by atoms with E-state index in [1.54, 1.807) is 0 Å². The number of benzene rings is 3. The van der Waals surface area contributed by atoms with Gasteiger partial charge in [0.1, 0.15) is 0 Å². The van der Waals surface area contributed by atoms with Crippen LogP contribution in [0.5, 0.6) is 0 Å². The molecule has 0 bridgehead atoms. The van der Waals surface area contributed by atoms with Crippen LogP contribution in [-0.2, 0) is 22.7 Å². The Morgan fingerprint density at radius 2 is 1.41 bits per heavy atom. The smallest absolute Gasteiger partial charge is 0.0993 e. The van der Waals surface area contributed by atoms with E-state index in [-0.39, 0.29) is 6.10 Å². The van der Waals surface area contributed by atoms with Crippen molar-refractivity contribution in [3.63, 3.8) is 0 Å². The largest absolute Gasteiger partial charge is 0.374 e. The maximum absolute atomic E-state index is 6.02. The standard InChI is InChI=1S/C27H28O2/c1-3-8-27(29-20-24-13-11-22(4-2)12-14-24)21-28-19-23-15-17-26(18-16-23)25-9-6-5-7-10-25/h3-18,27H,2,19-21H2,1H3/b8-3+. The van der Waals surface area contributed by atoms with Crippen LogP contribution >= 0.6 is 0 Å². The van der Waals surface area contributed by atoms with Crippen molar-refractivity contribution < 1.29 is 9.47 Å². The van der Waals surface area contributed by atoms with Crippen LogP contribution in [0.15, 0.2) is 97.6 Å². The van der Waals surface area contributed by atoms with E-state index in [0.29, 0.717) is 19.8 Å². The van der Waals surface area contributed by atoms with E-state index in [4.69, 9.17) is 9.47 Å². The van der Waals surface area contributed by atoms with Crippen molar-refractivity contribution in [1.29, 1.82) is 0 Å². The minimum Gasteiger partial charge on any atom is -0.374 e. The highest BCUT2D eigenvalue weighted by atomic mass is 16.5. The molecule has 1 unspecified atom stereocenters. The van der Waals surface area contributed by atoms with Gasteiger partial charge in [0.25, 0.3) is 0 Å². The molecule has 148 valence electrons. The predicted molar refractivity (Wildman–Crippen MR) is 121 cm³/mol. The predicted octanol–water partition coefficient (Wildman–Crippen LogP) is 6.67. The highest BCUT2D eigenvalue weighted by Gasteiger charge is 2.07. The average Bonchev–Trinajstić information content (AvgIpc) is 2.79. The highest BCUT2D eigenvalue weighted by molar-refractivity contribution is 5.63. The van der Waals surface area contributed by atoms with Crippen LogP contribution in [0, 0.1) is 0 Å². The molecule has 0 aliphatic carbocycles. The monoisotopic (exact) mass is 384 g/mol. The van der Waals surface area contributed by atoms with Gasteiger partial charge in [-0.2, -0.15) is 0 Å². The third kappa shape index (κ3) is 6.56. The Labute approximate surface area is 174 Å². The molecular weight excluding hydrogens is 356 g/mol. The summed E-state index contributed by atoms with van der Waals surface area (Å²) in [4.78, 5) is 0. The Morgan fingerprint density at radius 1 is 0.793 bits per heavy atom. The Morgan fingerprint density at radius 3 is 2.07 bits per heavy atom. The van der Waals surface area contributed by atoms with Gasteiger partial charge in [-0.3, -0.25) is 0 Å². The lowest BCUT2D eigenvalue weighted by atomic mass is 10.0. The van der Waals surface area contributed by atoms with Crippen molar-refractivity contribution in [2.75, 3.05) is 6.61 Å². The molecule has 0 fully saturated rings. The minimum absolute atomic E-state index is 0.0670. The summed E-state index contributed by atoms with van der Waals surface area (Å²) in [6.07, 6.45) is 5.82. The van der Waals surface area contributed by atoms with Crippen LogP contribution in [-0.4, -0.2) is 12.7 Å². The molecule has 0 spiro atoms. The number of allylic oxidation sites excluding steroid dienone is 1. The van der Waals surface area contributed by atoms with E-state index in [2.05, 4.69) is 67.2 Å². The van der Waals surface area contributed by atoms with Crippen LogP contribution < -0.4 is 0 Å². The number of rotatable bonds is 10. The summed E-state index contributed by atoms with van der Waals surface area (Å²) in [6.45, 7) is 7.43. The second-order valence-electron chi connectivity index (χ2n) is 6.90. The molecule has 2 heteroatoms. The average molecular weight is 385 g/mol. The van der Waals surface area contributed by atoms with Crippen LogP contribution in [0.3, 0.4) is 0 Å². The molecule has 0 saturated carbocycles. The molecule has 0 radical (unpaired) electrons. The van der Waals surface area contributed by atoms with E-state index in [1.807, 2.05) is 43.4 Å². The molecule has 1 atom stereocenters. The van der Waals surface area contributed by atoms with E-state index in [0.717, 1.165) is 16.7 Å². The van der Waals surface area contributed by atoms with Crippen LogP contribution in [0.4, 0.5) is 0 Å². The number of hydrogen-bond acceptors (Lipinski definition) is 2. The molecule has 0 aliphatic rings. The zero-order valence-corrected chi connectivity index (χ0v) is 17.0. The topological polar surface area (TPSA) is 18.5 Å². The van der Waals surface area contributed by atoms with Crippen LogP contribution in [0.2, 0.25) is 0 Å². The molecular formula is C27H28O2. The highest BCUT2D eigenvalue weighted by Crippen LogP contribution is 2.19. The SMILES string of the molecule is C=Cc1ccc(COC(/C=C/C)COCc2ccc(-c3ccccc3)cc2)cc1. The summed E-state index contributed by atoms with van der Waals surface area (Å²) < 4.78 is 11.9. The van der Waals surface area contributed by atoms with Gasteiger partial charge >= 0.3 is 0 Å². The normalized spacial score (nSPS) is 12.2. The summed E-state index contributed by atoms with van der Waals surface area (Å²) in [5, 5.41) is 0. The first kappa shape index (κ1) is 20.8. The molecule has 0 heterocycles. The number of ether oxygens (including phenoxy) is 2.